The third-order valence-corrected chi connectivity index (χ3v) is 5.04. The van der Waals surface area contributed by atoms with Gasteiger partial charge in [0.25, 0.3) is 5.91 Å². The molecule has 2 heterocycles. The molecule has 0 saturated carbocycles. The lowest BCUT2D eigenvalue weighted by atomic mass is 9.94. The van der Waals surface area contributed by atoms with E-state index in [0.29, 0.717) is 43.6 Å². The van der Waals surface area contributed by atoms with Crippen LogP contribution >= 0.6 is 0 Å². The molecule has 0 spiro atoms. The van der Waals surface area contributed by atoms with Crippen LogP contribution in [0.3, 0.4) is 0 Å². The minimum absolute atomic E-state index is 0.138. The van der Waals surface area contributed by atoms with Gasteiger partial charge in [-0.15, -0.1) is 0 Å². The van der Waals surface area contributed by atoms with E-state index >= 15 is 0 Å². The van der Waals surface area contributed by atoms with E-state index < -0.39 is 5.60 Å². The van der Waals surface area contributed by atoms with Crippen molar-refractivity contribution >= 4 is 16.8 Å². The van der Waals surface area contributed by atoms with E-state index in [1.165, 1.54) is 6.07 Å². The predicted octanol–water partition coefficient (Wildman–Crippen LogP) is 1.76. The number of carbonyl (C=O) groups is 1. The summed E-state index contributed by atoms with van der Waals surface area (Å²) in [6.07, 6.45) is 1.96. The molecule has 1 aliphatic heterocycles. The Kier molecular flexibility index (Phi) is 5.16. The number of hydrogen-bond donors (Lipinski definition) is 2. The summed E-state index contributed by atoms with van der Waals surface area (Å²) in [5, 5.41) is 11.6. The zero-order chi connectivity index (χ0) is 18.9. The highest BCUT2D eigenvalue weighted by atomic mass is 16.3. The zero-order valence-corrected chi connectivity index (χ0v) is 15.7. The Hall–Kier alpha value is -2.18. The fourth-order valence-electron chi connectivity index (χ4n) is 3.84. The van der Waals surface area contributed by atoms with Crippen molar-refractivity contribution in [2.45, 2.75) is 31.8 Å². The topological polar surface area (TPSA) is 76.6 Å². The first-order valence-corrected chi connectivity index (χ1v) is 9.07. The Bertz CT molecular complexity index is 874. The highest BCUT2D eigenvalue weighted by Crippen LogP contribution is 2.25. The summed E-state index contributed by atoms with van der Waals surface area (Å²) < 4.78 is 0. The van der Waals surface area contributed by atoms with Gasteiger partial charge in [0, 0.05) is 36.6 Å². The number of nitrogens with zero attached hydrogens (tertiary/aromatic N) is 2. The number of pyridine rings is 1. The van der Waals surface area contributed by atoms with Gasteiger partial charge in [0.2, 0.25) is 5.56 Å². The van der Waals surface area contributed by atoms with Crippen LogP contribution in [-0.4, -0.2) is 65.1 Å². The van der Waals surface area contributed by atoms with Crippen LogP contribution in [0.2, 0.25) is 0 Å². The number of H-pyrrole nitrogens is 1. The second-order valence-corrected chi connectivity index (χ2v) is 7.70. The number of rotatable bonds is 3. The van der Waals surface area contributed by atoms with E-state index in [9.17, 15) is 14.7 Å². The normalized spacial score (nSPS) is 21.2. The van der Waals surface area contributed by atoms with Gasteiger partial charge >= 0.3 is 0 Å². The van der Waals surface area contributed by atoms with Crippen molar-refractivity contribution in [1.29, 1.82) is 0 Å². The maximum Gasteiger partial charge on any atom is 0.254 e. The van der Waals surface area contributed by atoms with Crippen LogP contribution in [-0.2, 0) is 0 Å². The van der Waals surface area contributed by atoms with Gasteiger partial charge in [0.15, 0.2) is 0 Å². The van der Waals surface area contributed by atoms with E-state index in [4.69, 9.17) is 0 Å². The zero-order valence-electron chi connectivity index (χ0n) is 15.7. The molecule has 0 bridgehead atoms. The fourth-order valence-corrected chi connectivity index (χ4v) is 3.84. The highest BCUT2D eigenvalue weighted by molar-refractivity contribution is 6.06. The number of aliphatic hydroxyl groups is 1. The SMILES string of the molecule is Cc1ccc2[nH]c(=O)cc(C(=O)N3CCC[C@](O)(CN(C)C)CC3)c2c1. The van der Waals surface area contributed by atoms with E-state index in [2.05, 4.69) is 4.98 Å². The van der Waals surface area contributed by atoms with E-state index in [1.54, 1.807) is 4.90 Å². The number of aromatic amines is 1. The number of fused-ring (bicyclic) bond motifs is 1. The maximum atomic E-state index is 13.1. The van der Waals surface area contributed by atoms with Gasteiger partial charge in [-0.1, -0.05) is 11.6 Å². The number of likely N-dealkylation sites (N-methyl/N-ethyl adjacent to an activating group) is 1. The second-order valence-electron chi connectivity index (χ2n) is 7.70. The molecule has 26 heavy (non-hydrogen) atoms. The molecule has 0 aliphatic carbocycles. The molecule has 1 atom stereocenters. The summed E-state index contributed by atoms with van der Waals surface area (Å²) in [4.78, 5) is 31.7. The predicted molar refractivity (Wildman–Crippen MR) is 103 cm³/mol. The van der Waals surface area contributed by atoms with Gasteiger partial charge < -0.3 is 19.9 Å². The van der Waals surface area contributed by atoms with Gasteiger partial charge in [-0.3, -0.25) is 9.59 Å². The summed E-state index contributed by atoms with van der Waals surface area (Å²) in [5.74, 6) is -0.138. The molecule has 140 valence electrons. The molecule has 3 rings (SSSR count). The van der Waals surface area contributed by atoms with Crippen molar-refractivity contribution < 1.29 is 9.90 Å². The van der Waals surface area contributed by atoms with Crippen molar-refractivity contribution in [2.24, 2.45) is 0 Å². The lowest BCUT2D eigenvalue weighted by Gasteiger charge is -2.30. The van der Waals surface area contributed by atoms with Crippen LogP contribution in [0.4, 0.5) is 0 Å². The van der Waals surface area contributed by atoms with Crippen LogP contribution in [0.5, 0.6) is 0 Å². The average Bonchev–Trinajstić information content (AvgIpc) is 2.75. The third-order valence-electron chi connectivity index (χ3n) is 5.04. The van der Waals surface area contributed by atoms with Crippen molar-refractivity contribution in [3.63, 3.8) is 0 Å². The maximum absolute atomic E-state index is 13.1. The quantitative estimate of drug-likeness (QED) is 0.878. The van der Waals surface area contributed by atoms with Crippen LogP contribution < -0.4 is 5.56 Å². The smallest absolute Gasteiger partial charge is 0.254 e. The molecule has 1 aromatic heterocycles. The molecule has 1 aromatic carbocycles. The summed E-state index contributed by atoms with van der Waals surface area (Å²) in [6.45, 7) is 3.63. The van der Waals surface area contributed by atoms with Gasteiger partial charge in [0.05, 0.1) is 11.2 Å². The summed E-state index contributed by atoms with van der Waals surface area (Å²) >= 11 is 0. The molecule has 1 fully saturated rings. The van der Waals surface area contributed by atoms with Crippen LogP contribution in [0.25, 0.3) is 10.9 Å². The molecular weight excluding hydrogens is 330 g/mol. The number of benzene rings is 1. The van der Waals surface area contributed by atoms with Crippen LogP contribution in [0.15, 0.2) is 29.1 Å². The average molecular weight is 357 g/mol. The van der Waals surface area contributed by atoms with Crippen molar-refractivity contribution in [2.75, 3.05) is 33.7 Å². The number of nitrogens with one attached hydrogen (secondary N) is 1. The standard InChI is InChI=1S/C20H27N3O3/c1-14-5-6-17-15(11-14)16(12-18(24)21-17)19(25)23-9-4-7-20(26,8-10-23)13-22(2)3/h5-6,11-12,26H,4,7-10,13H2,1-3H3,(H,21,24)/t20-/m1/s1. The molecule has 0 radical (unpaired) electrons. The lowest BCUT2D eigenvalue weighted by Crippen LogP contribution is -2.41. The van der Waals surface area contributed by atoms with Crippen molar-refractivity contribution in [3.05, 3.63) is 45.7 Å². The van der Waals surface area contributed by atoms with Gasteiger partial charge in [-0.25, -0.2) is 0 Å². The Morgan fingerprint density at radius 1 is 1.27 bits per heavy atom. The number of aromatic nitrogens is 1. The van der Waals surface area contributed by atoms with Gasteiger partial charge in [-0.05, 0) is 52.4 Å². The van der Waals surface area contributed by atoms with Crippen molar-refractivity contribution in [3.8, 4) is 0 Å². The van der Waals surface area contributed by atoms with Crippen LogP contribution in [0.1, 0.15) is 35.2 Å². The Balaban J connectivity index is 1.89. The Morgan fingerprint density at radius 3 is 2.77 bits per heavy atom. The van der Waals surface area contributed by atoms with E-state index in [0.717, 1.165) is 17.4 Å². The number of carbonyl (C=O) groups excluding carboxylic acids is 1. The molecule has 0 unspecified atom stereocenters. The number of aryl methyl sites for hydroxylation is 1. The van der Waals surface area contributed by atoms with Gasteiger partial charge in [0.1, 0.15) is 0 Å². The first-order valence-electron chi connectivity index (χ1n) is 9.07. The lowest BCUT2D eigenvalue weighted by molar-refractivity contribution is 0.00305. The molecule has 6 heteroatoms. The molecule has 1 saturated heterocycles. The second kappa shape index (κ2) is 7.21. The molecule has 6 nitrogen and oxygen atoms in total. The fraction of sp³-hybridized carbons (Fsp3) is 0.500. The minimum Gasteiger partial charge on any atom is -0.388 e. The summed E-state index contributed by atoms with van der Waals surface area (Å²) in [7, 11) is 3.88. The number of likely N-dealkylation sites (tertiary alicyclic amines) is 1. The monoisotopic (exact) mass is 357 g/mol. The Morgan fingerprint density at radius 2 is 2.04 bits per heavy atom. The first-order chi connectivity index (χ1) is 12.3. The van der Waals surface area contributed by atoms with Crippen LogP contribution in [0, 0.1) is 6.92 Å². The minimum atomic E-state index is -0.772. The Labute approximate surface area is 153 Å². The molecule has 1 aliphatic rings. The van der Waals surface area contributed by atoms with E-state index in [1.807, 2.05) is 44.1 Å². The summed E-state index contributed by atoms with van der Waals surface area (Å²) in [5.41, 5.74) is 1.10. The number of amides is 1. The number of hydrogen-bond acceptors (Lipinski definition) is 4. The third kappa shape index (κ3) is 3.97. The molecular formula is C20H27N3O3. The van der Waals surface area contributed by atoms with Gasteiger partial charge in [-0.2, -0.15) is 0 Å². The highest BCUT2D eigenvalue weighted by Gasteiger charge is 2.32. The molecule has 2 aromatic rings. The first kappa shape index (κ1) is 18.6. The molecule has 2 N–H and O–H groups in total. The summed E-state index contributed by atoms with van der Waals surface area (Å²) in [6, 6.07) is 7.07. The van der Waals surface area contributed by atoms with E-state index in [-0.39, 0.29) is 11.5 Å². The molecule has 1 amide bonds. The van der Waals surface area contributed by atoms with Crippen molar-refractivity contribution in [1.82, 2.24) is 14.8 Å². The largest absolute Gasteiger partial charge is 0.388 e.